The lowest BCUT2D eigenvalue weighted by molar-refractivity contribution is -0.149. The Morgan fingerprint density at radius 1 is 1.41 bits per heavy atom. The zero-order chi connectivity index (χ0) is 16.5. The van der Waals surface area contributed by atoms with Crippen LogP contribution in [0.1, 0.15) is 33.6 Å². The minimum absolute atomic E-state index is 0.0195. The van der Waals surface area contributed by atoms with Gasteiger partial charge in [0.25, 0.3) is 0 Å². The average molecular weight is 328 g/mol. The molecule has 2 rings (SSSR count). The van der Waals surface area contributed by atoms with Gasteiger partial charge in [-0.15, -0.1) is 11.8 Å². The number of carbonyl (C=O) groups is 3. The van der Waals surface area contributed by atoms with Crippen molar-refractivity contribution in [3.8, 4) is 0 Å². The predicted octanol–water partition coefficient (Wildman–Crippen LogP) is 1.26. The van der Waals surface area contributed by atoms with Gasteiger partial charge in [-0.25, -0.2) is 0 Å². The zero-order valence-electron chi connectivity index (χ0n) is 13.4. The van der Waals surface area contributed by atoms with Crippen molar-refractivity contribution in [2.75, 3.05) is 24.7 Å². The highest BCUT2D eigenvalue weighted by molar-refractivity contribution is 7.99. The van der Waals surface area contributed by atoms with Gasteiger partial charge in [-0.1, -0.05) is 13.8 Å². The number of carboxylic acids is 1. The van der Waals surface area contributed by atoms with Crippen LogP contribution in [0.25, 0.3) is 0 Å². The molecule has 22 heavy (non-hydrogen) atoms. The summed E-state index contributed by atoms with van der Waals surface area (Å²) in [6.07, 6.45) is 1.22. The van der Waals surface area contributed by atoms with E-state index in [0.29, 0.717) is 24.6 Å². The number of likely N-dealkylation sites (tertiary alicyclic amines) is 1. The number of aliphatic carboxylic acids is 1. The van der Waals surface area contributed by atoms with E-state index in [9.17, 15) is 19.5 Å². The Balaban J connectivity index is 2.06. The summed E-state index contributed by atoms with van der Waals surface area (Å²) in [5.74, 6) is 0.107. The van der Waals surface area contributed by atoms with Gasteiger partial charge in [-0.3, -0.25) is 14.4 Å². The first-order chi connectivity index (χ1) is 10.3. The normalized spacial score (nSPS) is 29.7. The van der Waals surface area contributed by atoms with E-state index in [4.69, 9.17) is 0 Å². The number of nitrogens with zero attached hydrogens (tertiary/aromatic N) is 2. The van der Waals surface area contributed by atoms with E-state index in [0.717, 1.165) is 6.42 Å². The molecule has 2 fully saturated rings. The van der Waals surface area contributed by atoms with Crippen LogP contribution in [0.4, 0.5) is 0 Å². The molecule has 3 unspecified atom stereocenters. The van der Waals surface area contributed by atoms with E-state index in [2.05, 4.69) is 0 Å². The van der Waals surface area contributed by atoms with Crippen LogP contribution in [-0.4, -0.2) is 63.5 Å². The molecule has 2 amide bonds. The summed E-state index contributed by atoms with van der Waals surface area (Å²) in [7, 11) is 0. The Morgan fingerprint density at radius 3 is 2.64 bits per heavy atom. The molecule has 0 aromatic carbocycles. The summed E-state index contributed by atoms with van der Waals surface area (Å²) >= 11 is 1.58. The fourth-order valence-corrected chi connectivity index (χ4v) is 4.01. The van der Waals surface area contributed by atoms with Crippen molar-refractivity contribution >= 4 is 29.5 Å². The Kier molecular flexibility index (Phi) is 5.04. The Labute approximate surface area is 135 Å². The summed E-state index contributed by atoms with van der Waals surface area (Å²) in [6, 6.07) is -0.442. The van der Waals surface area contributed by atoms with Crippen LogP contribution in [-0.2, 0) is 14.4 Å². The molecule has 0 radical (unpaired) electrons. The molecular weight excluding hydrogens is 304 g/mol. The van der Waals surface area contributed by atoms with Crippen molar-refractivity contribution in [1.82, 2.24) is 9.80 Å². The van der Waals surface area contributed by atoms with Gasteiger partial charge in [-0.05, 0) is 19.8 Å². The van der Waals surface area contributed by atoms with Crippen molar-refractivity contribution in [3.63, 3.8) is 0 Å². The van der Waals surface area contributed by atoms with E-state index in [-0.39, 0.29) is 24.3 Å². The molecule has 0 aromatic heterocycles. The maximum absolute atomic E-state index is 12.7. The number of hydrogen-bond acceptors (Lipinski definition) is 4. The third-order valence-electron chi connectivity index (χ3n) is 4.79. The first kappa shape index (κ1) is 17.1. The third-order valence-corrected chi connectivity index (χ3v) is 5.80. The summed E-state index contributed by atoms with van der Waals surface area (Å²) in [6.45, 7) is 6.20. The number of rotatable bonds is 4. The molecule has 0 saturated carbocycles. The van der Waals surface area contributed by atoms with Gasteiger partial charge in [0.2, 0.25) is 11.8 Å². The molecule has 2 aliphatic heterocycles. The quantitative estimate of drug-likeness (QED) is 0.840. The molecule has 7 heteroatoms. The molecule has 0 spiro atoms. The summed E-state index contributed by atoms with van der Waals surface area (Å²) in [5.41, 5.74) is -0.868. The Morgan fingerprint density at radius 2 is 2.09 bits per heavy atom. The SMILES string of the molecule is CCC(C)C(=O)N1CSCC1C(=O)N1CCC(C)(C(=O)O)C1. The molecule has 3 atom stereocenters. The first-order valence-corrected chi connectivity index (χ1v) is 8.86. The van der Waals surface area contributed by atoms with Crippen LogP contribution in [0.3, 0.4) is 0 Å². The van der Waals surface area contributed by atoms with E-state index in [1.54, 1.807) is 28.5 Å². The largest absolute Gasteiger partial charge is 0.481 e. The maximum atomic E-state index is 12.7. The topological polar surface area (TPSA) is 77.9 Å². The molecule has 0 bridgehead atoms. The lowest BCUT2D eigenvalue weighted by Gasteiger charge is -2.29. The molecule has 6 nitrogen and oxygen atoms in total. The number of amides is 2. The van der Waals surface area contributed by atoms with Crippen LogP contribution in [0, 0.1) is 11.3 Å². The second-order valence-electron chi connectivity index (χ2n) is 6.51. The highest BCUT2D eigenvalue weighted by Gasteiger charge is 2.45. The molecular formula is C15H24N2O4S. The van der Waals surface area contributed by atoms with Gasteiger partial charge in [0, 0.05) is 24.8 Å². The molecule has 1 N–H and O–H groups in total. The van der Waals surface area contributed by atoms with E-state index < -0.39 is 17.4 Å². The number of carboxylic acid groups (broad SMARTS) is 1. The molecule has 2 aliphatic rings. The standard InChI is InChI=1S/C15H24N2O4S/c1-4-10(2)12(18)17-9-22-7-11(17)13(19)16-6-5-15(3,8-16)14(20)21/h10-11H,4-9H2,1-3H3,(H,20,21). The van der Waals surface area contributed by atoms with Crippen molar-refractivity contribution in [2.45, 2.75) is 39.7 Å². The maximum Gasteiger partial charge on any atom is 0.311 e. The van der Waals surface area contributed by atoms with Gasteiger partial charge < -0.3 is 14.9 Å². The monoisotopic (exact) mass is 328 g/mol. The second-order valence-corrected chi connectivity index (χ2v) is 7.51. The van der Waals surface area contributed by atoms with Crippen molar-refractivity contribution in [1.29, 1.82) is 0 Å². The predicted molar refractivity (Wildman–Crippen MR) is 84.4 cm³/mol. The minimum atomic E-state index is -0.868. The van der Waals surface area contributed by atoms with Gasteiger partial charge in [0.15, 0.2) is 0 Å². The fraction of sp³-hybridized carbons (Fsp3) is 0.800. The van der Waals surface area contributed by atoms with Gasteiger partial charge >= 0.3 is 5.97 Å². The number of hydrogen-bond donors (Lipinski definition) is 1. The summed E-state index contributed by atoms with van der Waals surface area (Å²) in [5, 5.41) is 9.28. The van der Waals surface area contributed by atoms with E-state index >= 15 is 0 Å². The highest BCUT2D eigenvalue weighted by Crippen LogP contribution is 2.32. The zero-order valence-corrected chi connectivity index (χ0v) is 14.2. The van der Waals surface area contributed by atoms with Gasteiger partial charge in [0.05, 0.1) is 11.3 Å². The summed E-state index contributed by atoms with van der Waals surface area (Å²) < 4.78 is 0. The molecule has 2 heterocycles. The minimum Gasteiger partial charge on any atom is -0.481 e. The van der Waals surface area contributed by atoms with Crippen LogP contribution < -0.4 is 0 Å². The van der Waals surface area contributed by atoms with Gasteiger partial charge in [-0.2, -0.15) is 0 Å². The lowest BCUT2D eigenvalue weighted by Crippen LogP contribution is -2.50. The van der Waals surface area contributed by atoms with Crippen molar-refractivity contribution in [3.05, 3.63) is 0 Å². The highest BCUT2D eigenvalue weighted by atomic mass is 32.2. The molecule has 0 aromatic rings. The van der Waals surface area contributed by atoms with Crippen molar-refractivity contribution in [2.24, 2.45) is 11.3 Å². The number of carbonyl (C=O) groups excluding carboxylic acids is 2. The van der Waals surface area contributed by atoms with Gasteiger partial charge in [0.1, 0.15) is 6.04 Å². The van der Waals surface area contributed by atoms with E-state index in [1.807, 2.05) is 13.8 Å². The van der Waals surface area contributed by atoms with E-state index in [1.165, 1.54) is 0 Å². The molecule has 2 saturated heterocycles. The van der Waals surface area contributed by atoms with Crippen LogP contribution in [0.5, 0.6) is 0 Å². The third kappa shape index (κ3) is 3.09. The number of thioether (sulfide) groups is 1. The Hall–Kier alpha value is -1.24. The summed E-state index contributed by atoms with van der Waals surface area (Å²) in [4.78, 5) is 39.7. The fourth-order valence-electron chi connectivity index (χ4n) is 2.86. The smallest absolute Gasteiger partial charge is 0.311 e. The molecule has 124 valence electrons. The van der Waals surface area contributed by atoms with Crippen molar-refractivity contribution < 1.29 is 19.5 Å². The second kappa shape index (κ2) is 6.48. The first-order valence-electron chi connectivity index (χ1n) is 7.70. The van der Waals surface area contributed by atoms with Crippen LogP contribution in [0.2, 0.25) is 0 Å². The van der Waals surface area contributed by atoms with Crippen LogP contribution >= 0.6 is 11.8 Å². The van der Waals surface area contributed by atoms with Crippen LogP contribution in [0.15, 0.2) is 0 Å². The Bertz CT molecular complexity index is 484. The lowest BCUT2D eigenvalue weighted by atomic mass is 9.90. The average Bonchev–Trinajstić information content (AvgIpc) is 3.12. The molecule has 0 aliphatic carbocycles.